The summed E-state index contributed by atoms with van der Waals surface area (Å²) in [6.45, 7) is 12.6. The Balaban J connectivity index is 2.39. The van der Waals surface area contributed by atoms with E-state index in [1.807, 2.05) is 0 Å². The summed E-state index contributed by atoms with van der Waals surface area (Å²) in [6, 6.07) is 8.87. The first-order chi connectivity index (χ1) is 8.52. The van der Waals surface area contributed by atoms with E-state index in [4.69, 9.17) is 0 Å². The fraction of sp³-hybridized carbons (Fsp3) is 0.625. The second kappa shape index (κ2) is 5.31. The topological polar surface area (TPSA) is 15.3 Å². The van der Waals surface area contributed by atoms with Gasteiger partial charge in [0.15, 0.2) is 0 Å². The van der Waals surface area contributed by atoms with E-state index < -0.39 is 0 Å². The molecule has 2 heteroatoms. The molecule has 1 aliphatic heterocycles. The number of hydrogen-bond donors (Lipinski definition) is 1. The lowest BCUT2D eigenvalue weighted by molar-refractivity contribution is 0.452. The van der Waals surface area contributed by atoms with Crippen molar-refractivity contribution < 1.29 is 0 Å². The van der Waals surface area contributed by atoms with Crippen molar-refractivity contribution in [3.8, 4) is 0 Å². The average Bonchev–Trinajstić information content (AvgIpc) is 2.50. The molecule has 0 amide bonds. The summed E-state index contributed by atoms with van der Waals surface area (Å²) in [5, 5.41) is 3.51. The number of rotatable bonds is 2. The Morgan fingerprint density at radius 2 is 1.89 bits per heavy atom. The maximum absolute atomic E-state index is 3.51. The summed E-state index contributed by atoms with van der Waals surface area (Å²) >= 11 is 0. The van der Waals surface area contributed by atoms with Gasteiger partial charge in [0.2, 0.25) is 0 Å². The zero-order chi connectivity index (χ0) is 13.2. The molecule has 1 aliphatic rings. The largest absolute Gasteiger partial charge is 0.365 e. The molecule has 0 radical (unpaired) electrons. The zero-order valence-electron chi connectivity index (χ0n) is 12.2. The van der Waals surface area contributed by atoms with Gasteiger partial charge in [-0.25, -0.2) is 0 Å². The van der Waals surface area contributed by atoms with E-state index in [1.54, 1.807) is 0 Å². The highest BCUT2D eigenvalue weighted by Crippen LogP contribution is 2.33. The molecule has 1 aromatic carbocycles. The first-order valence-corrected chi connectivity index (χ1v) is 7.09. The third-order valence-corrected chi connectivity index (χ3v) is 4.01. The average molecular weight is 246 g/mol. The van der Waals surface area contributed by atoms with Crippen LogP contribution in [0.15, 0.2) is 24.3 Å². The van der Waals surface area contributed by atoms with Gasteiger partial charge in [0, 0.05) is 24.3 Å². The molecule has 1 aromatic rings. The van der Waals surface area contributed by atoms with Crippen LogP contribution >= 0.6 is 0 Å². The van der Waals surface area contributed by atoms with Crippen molar-refractivity contribution in [2.45, 2.75) is 45.6 Å². The molecular formula is C16H26N2. The monoisotopic (exact) mass is 246 g/mol. The van der Waals surface area contributed by atoms with Crippen molar-refractivity contribution in [3.63, 3.8) is 0 Å². The Hall–Kier alpha value is -1.02. The second-order valence-electron chi connectivity index (χ2n) is 6.18. The van der Waals surface area contributed by atoms with Gasteiger partial charge < -0.3 is 10.2 Å². The predicted octanol–water partition coefficient (Wildman–Crippen LogP) is 3.39. The van der Waals surface area contributed by atoms with E-state index in [-0.39, 0.29) is 5.54 Å². The minimum atomic E-state index is 0.231. The number of anilines is 1. The Morgan fingerprint density at radius 3 is 2.61 bits per heavy atom. The Morgan fingerprint density at radius 1 is 1.17 bits per heavy atom. The maximum atomic E-state index is 3.51. The molecule has 0 spiro atoms. The van der Waals surface area contributed by atoms with Gasteiger partial charge in [-0.2, -0.15) is 0 Å². The highest BCUT2D eigenvalue weighted by Gasteiger charge is 2.29. The molecule has 1 heterocycles. The molecule has 1 N–H and O–H groups in total. The summed E-state index contributed by atoms with van der Waals surface area (Å²) in [7, 11) is 0. The summed E-state index contributed by atoms with van der Waals surface area (Å²) < 4.78 is 0. The SMILES string of the molecule is CC(C)c1ccccc1N1CCNCCC1(C)C. The fourth-order valence-electron chi connectivity index (χ4n) is 2.82. The highest BCUT2D eigenvalue weighted by molar-refractivity contribution is 5.57. The van der Waals surface area contributed by atoms with E-state index in [0.717, 1.165) is 19.6 Å². The number of hydrogen-bond acceptors (Lipinski definition) is 2. The van der Waals surface area contributed by atoms with E-state index >= 15 is 0 Å². The Labute approximate surface area is 111 Å². The molecular weight excluding hydrogens is 220 g/mol. The number of para-hydroxylation sites is 1. The molecule has 2 nitrogen and oxygen atoms in total. The molecule has 1 saturated heterocycles. The van der Waals surface area contributed by atoms with E-state index in [2.05, 4.69) is 62.2 Å². The van der Waals surface area contributed by atoms with Crippen molar-refractivity contribution in [2.24, 2.45) is 0 Å². The van der Waals surface area contributed by atoms with Crippen LogP contribution in [0.3, 0.4) is 0 Å². The Kier molecular flexibility index (Phi) is 3.96. The second-order valence-corrected chi connectivity index (χ2v) is 6.18. The molecule has 0 unspecified atom stereocenters. The summed E-state index contributed by atoms with van der Waals surface area (Å²) in [5.41, 5.74) is 3.11. The van der Waals surface area contributed by atoms with Crippen LogP contribution in [0.25, 0.3) is 0 Å². The van der Waals surface area contributed by atoms with Gasteiger partial charge in [-0.3, -0.25) is 0 Å². The van der Waals surface area contributed by atoms with Gasteiger partial charge in [-0.05, 0) is 44.4 Å². The molecule has 18 heavy (non-hydrogen) atoms. The lowest BCUT2D eigenvalue weighted by Crippen LogP contribution is -2.45. The van der Waals surface area contributed by atoms with Crippen molar-refractivity contribution in [1.82, 2.24) is 5.32 Å². The van der Waals surface area contributed by atoms with E-state index in [0.29, 0.717) is 5.92 Å². The highest BCUT2D eigenvalue weighted by atomic mass is 15.2. The number of nitrogens with zero attached hydrogens (tertiary/aromatic N) is 1. The summed E-state index contributed by atoms with van der Waals surface area (Å²) in [5.74, 6) is 0.577. The van der Waals surface area contributed by atoms with Crippen molar-refractivity contribution >= 4 is 5.69 Å². The van der Waals surface area contributed by atoms with Gasteiger partial charge in [-0.15, -0.1) is 0 Å². The van der Waals surface area contributed by atoms with E-state index in [9.17, 15) is 0 Å². The summed E-state index contributed by atoms with van der Waals surface area (Å²) in [4.78, 5) is 2.59. The van der Waals surface area contributed by atoms with Gasteiger partial charge >= 0.3 is 0 Å². The Bertz CT molecular complexity index is 396. The van der Waals surface area contributed by atoms with E-state index in [1.165, 1.54) is 17.7 Å². The minimum Gasteiger partial charge on any atom is -0.365 e. The first-order valence-electron chi connectivity index (χ1n) is 7.09. The third kappa shape index (κ3) is 2.69. The molecule has 100 valence electrons. The number of benzene rings is 1. The van der Waals surface area contributed by atoms with Crippen LogP contribution in [0.5, 0.6) is 0 Å². The minimum absolute atomic E-state index is 0.231. The molecule has 0 aromatic heterocycles. The zero-order valence-corrected chi connectivity index (χ0v) is 12.2. The van der Waals surface area contributed by atoms with Crippen LogP contribution in [-0.2, 0) is 0 Å². The van der Waals surface area contributed by atoms with Crippen LogP contribution in [0, 0.1) is 0 Å². The molecule has 0 aliphatic carbocycles. The number of nitrogens with one attached hydrogen (secondary N) is 1. The first kappa shape index (κ1) is 13.4. The maximum Gasteiger partial charge on any atom is 0.0406 e. The van der Waals surface area contributed by atoms with Crippen molar-refractivity contribution in [3.05, 3.63) is 29.8 Å². The van der Waals surface area contributed by atoms with Crippen LogP contribution < -0.4 is 10.2 Å². The van der Waals surface area contributed by atoms with Crippen LogP contribution in [0.2, 0.25) is 0 Å². The predicted molar refractivity (Wildman–Crippen MR) is 79.4 cm³/mol. The lowest BCUT2D eigenvalue weighted by atomic mass is 9.94. The molecule has 1 fully saturated rings. The smallest absolute Gasteiger partial charge is 0.0406 e. The van der Waals surface area contributed by atoms with Crippen molar-refractivity contribution in [1.29, 1.82) is 0 Å². The van der Waals surface area contributed by atoms with Gasteiger partial charge in [-0.1, -0.05) is 32.0 Å². The van der Waals surface area contributed by atoms with Gasteiger partial charge in [0.25, 0.3) is 0 Å². The van der Waals surface area contributed by atoms with Crippen LogP contribution in [0.4, 0.5) is 5.69 Å². The van der Waals surface area contributed by atoms with Gasteiger partial charge in [0.1, 0.15) is 0 Å². The molecule has 0 saturated carbocycles. The molecule has 2 rings (SSSR count). The standard InChI is InChI=1S/C16H26N2/c1-13(2)14-7-5-6-8-15(14)18-12-11-17-10-9-16(18,3)4/h5-8,13,17H,9-12H2,1-4H3. The quantitative estimate of drug-likeness (QED) is 0.860. The van der Waals surface area contributed by atoms with Crippen molar-refractivity contribution in [2.75, 3.05) is 24.5 Å². The normalized spacial score (nSPS) is 19.9. The third-order valence-electron chi connectivity index (χ3n) is 4.01. The van der Waals surface area contributed by atoms with Crippen LogP contribution in [0.1, 0.15) is 45.6 Å². The molecule has 0 bridgehead atoms. The van der Waals surface area contributed by atoms with Gasteiger partial charge in [0.05, 0.1) is 0 Å². The van der Waals surface area contributed by atoms with Crippen LogP contribution in [-0.4, -0.2) is 25.2 Å². The fourth-order valence-corrected chi connectivity index (χ4v) is 2.82. The lowest BCUT2D eigenvalue weighted by Gasteiger charge is -2.40. The molecule has 0 atom stereocenters. The summed E-state index contributed by atoms with van der Waals surface area (Å²) in [6.07, 6.45) is 1.19.